The van der Waals surface area contributed by atoms with Gasteiger partial charge < -0.3 is 16.4 Å². The fraction of sp³-hybridized carbons (Fsp3) is 1.00. The van der Waals surface area contributed by atoms with Crippen LogP contribution in [0.5, 0.6) is 0 Å². The predicted molar refractivity (Wildman–Crippen MR) is 54.6 cm³/mol. The maximum absolute atomic E-state index is 5.97. The Kier molecular flexibility index (Phi) is 3.19. The first kappa shape index (κ1) is 9.44. The van der Waals surface area contributed by atoms with Crippen LogP contribution in [0.25, 0.3) is 0 Å². The highest BCUT2D eigenvalue weighted by Crippen LogP contribution is 2.20. The minimum absolute atomic E-state index is 0.438. The molecule has 3 unspecified atom stereocenters. The molecule has 2 fully saturated rings. The van der Waals surface area contributed by atoms with E-state index in [1.807, 2.05) is 0 Å². The van der Waals surface area contributed by atoms with Gasteiger partial charge in [0.15, 0.2) is 0 Å². The Morgan fingerprint density at radius 3 is 2.77 bits per heavy atom. The summed E-state index contributed by atoms with van der Waals surface area (Å²) in [7, 11) is 0. The summed E-state index contributed by atoms with van der Waals surface area (Å²) in [6.07, 6.45) is 5.03. The first-order valence-corrected chi connectivity index (χ1v) is 5.56. The topological polar surface area (TPSA) is 50.1 Å². The summed E-state index contributed by atoms with van der Waals surface area (Å²) in [6.45, 7) is 3.50. The van der Waals surface area contributed by atoms with E-state index in [0.29, 0.717) is 12.1 Å². The lowest BCUT2D eigenvalue weighted by atomic mass is 9.85. The van der Waals surface area contributed by atoms with E-state index in [2.05, 4.69) is 10.6 Å². The number of piperidine rings is 2. The van der Waals surface area contributed by atoms with Gasteiger partial charge in [0.1, 0.15) is 0 Å². The van der Waals surface area contributed by atoms with E-state index in [1.165, 1.54) is 32.4 Å². The molecule has 2 aliphatic rings. The molecule has 2 heterocycles. The molecule has 13 heavy (non-hydrogen) atoms. The molecular formula is C10H21N3. The van der Waals surface area contributed by atoms with Crippen molar-refractivity contribution in [2.24, 2.45) is 11.7 Å². The molecule has 0 aliphatic carbocycles. The van der Waals surface area contributed by atoms with Crippen molar-refractivity contribution >= 4 is 0 Å². The number of nitrogens with one attached hydrogen (secondary N) is 2. The summed E-state index contributed by atoms with van der Waals surface area (Å²) in [5, 5.41) is 7.07. The number of hydrogen-bond donors (Lipinski definition) is 3. The van der Waals surface area contributed by atoms with Crippen molar-refractivity contribution in [3.8, 4) is 0 Å². The molecule has 0 amide bonds. The molecule has 0 spiro atoms. The minimum Gasteiger partial charge on any atom is -0.328 e. The average Bonchev–Trinajstić information content (AvgIpc) is 2.19. The lowest BCUT2D eigenvalue weighted by Crippen LogP contribution is -2.51. The van der Waals surface area contributed by atoms with Crippen molar-refractivity contribution in [1.82, 2.24) is 10.6 Å². The second-order valence-corrected chi connectivity index (χ2v) is 4.45. The fourth-order valence-electron chi connectivity index (χ4n) is 2.56. The summed E-state index contributed by atoms with van der Waals surface area (Å²) in [6, 6.07) is 1.12. The second kappa shape index (κ2) is 4.40. The Bertz CT molecular complexity index is 154. The molecule has 2 rings (SSSR count). The molecule has 0 bridgehead atoms. The first-order valence-electron chi connectivity index (χ1n) is 5.56. The number of rotatable bonds is 1. The van der Waals surface area contributed by atoms with Crippen LogP contribution in [0.3, 0.4) is 0 Å². The Morgan fingerprint density at radius 2 is 2.08 bits per heavy atom. The van der Waals surface area contributed by atoms with Crippen LogP contribution in [-0.2, 0) is 0 Å². The zero-order valence-corrected chi connectivity index (χ0v) is 8.26. The predicted octanol–water partition coefficient (Wildman–Crippen LogP) is 0.0653. The molecular weight excluding hydrogens is 162 g/mol. The van der Waals surface area contributed by atoms with Crippen LogP contribution < -0.4 is 16.4 Å². The van der Waals surface area contributed by atoms with Crippen molar-refractivity contribution in [3.05, 3.63) is 0 Å². The fourth-order valence-corrected chi connectivity index (χ4v) is 2.56. The highest BCUT2D eigenvalue weighted by atomic mass is 15.0. The van der Waals surface area contributed by atoms with Crippen molar-refractivity contribution in [1.29, 1.82) is 0 Å². The third kappa shape index (κ3) is 2.42. The molecule has 0 radical (unpaired) electrons. The van der Waals surface area contributed by atoms with E-state index in [1.54, 1.807) is 0 Å². The largest absolute Gasteiger partial charge is 0.328 e. The summed E-state index contributed by atoms with van der Waals surface area (Å²) in [4.78, 5) is 0. The smallest absolute Gasteiger partial charge is 0.0122 e. The lowest BCUT2D eigenvalue weighted by Gasteiger charge is -2.36. The molecule has 0 aromatic heterocycles. The van der Waals surface area contributed by atoms with Gasteiger partial charge in [-0.05, 0) is 51.2 Å². The molecule has 0 aromatic rings. The number of hydrogen-bond acceptors (Lipinski definition) is 3. The van der Waals surface area contributed by atoms with Gasteiger partial charge in [0, 0.05) is 12.1 Å². The summed E-state index contributed by atoms with van der Waals surface area (Å²) in [5.41, 5.74) is 5.97. The van der Waals surface area contributed by atoms with E-state index >= 15 is 0 Å². The minimum atomic E-state index is 0.438. The molecule has 76 valence electrons. The van der Waals surface area contributed by atoms with E-state index in [9.17, 15) is 0 Å². The molecule has 0 aromatic carbocycles. The van der Waals surface area contributed by atoms with Crippen LogP contribution in [0.15, 0.2) is 0 Å². The molecule has 2 saturated heterocycles. The van der Waals surface area contributed by atoms with Gasteiger partial charge in [0.25, 0.3) is 0 Å². The van der Waals surface area contributed by atoms with Gasteiger partial charge in [-0.2, -0.15) is 0 Å². The van der Waals surface area contributed by atoms with E-state index in [4.69, 9.17) is 5.73 Å². The normalized spacial score (nSPS) is 41.8. The molecule has 2 aliphatic heterocycles. The molecule has 0 saturated carbocycles. The third-order valence-electron chi connectivity index (χ3n) is 3.38. The average molecular weight is 183 g/mol. The zero-order valence-electron chi connectivity index (χ0n) is 8.26. The van der Waals surface area contributed by atoms with Crippen molar-refractivity contribution in [2.75, 3.05) is 19.6 Å². The zero-order chi connectivity index (χ0) is 9.10. The molecule has 4 N–H and O–H groups in total. The maximum atomic E-state index is 5.97. The van der Waals surface area contributed by atoms with Crippen LogP contribution in [0.2, 0.25) is 0 Å². The third-order valence-corrected chi connectivity index (χ3v) is 3.38. The lowest BCUT2D eigenvalue weighted by molar-refractivity contribution is 0.234. The van der Waals surface area contributed by atoms with Crippen LogP contribution in [0.1, 0.15) is 25.7 Å². The SMILES string of the molecule is NC1CCNC(C2CCCNC2)C1. The van der Waals surface area contributed by atoms with Crippen molar-refractivity contribution in [3.63, 3.8) is 0 Å². The Balaban J connectivity index is 1.83. The highest BCUT2D eigenvalue weighted by molar-refractivity contribution is 4.87. The van der Waals surface area contributed by atoms with Crippen LogP contribution in [-0.4, -0.2) is 31.7 Å². The van der Waals surface area contributed by atoms with Gasteiger partial charge in [0.2, 0.25) is 0 Å². The summed E-state index contributed by atoms with van der Waals surface area (Å²) < 4.78 is 0. The number of nitrogens with two attached hydrogens (primary N) is 1. The standard InChI is InChI=1S/C10H21N3/c11-9-3-5-13-10(6-9)8-2-1-4-12-7-8/h8-10,12-13H,1-7,11H2. The van der Waals surface area contributed by atoms with E-state index < -0.39 is 0 Å². The summed E-state index contributed by atoms with van der Waals surface area (Å²) in [5.74, 6) is 0.820. The molecule has 3 heteroatoms. The first-order chi connectivity index (χ1) is 6.36. The Hall–Kier alpha value is -0.120. The summed E-state index contributed by atoms with van der Waals surface area (Å²) >= 11 is 0. The van der Waals surface area contributed by atoms with Crippen molar-refractivity contribution in [2.45, 2.75) is 37.8 Å². The Labute approximate surface area is 80.5 Å². The van der Waals surface area contributed by atoms with Gasteiger partial charge in [0.05, 0.1) is 0 Å². The van der Waals surface area contributed by atoms with Gasteiger partial charge >= 0.3 is 0 Å². The quantitative estimate of drug-likeness (QED) is 0.539. The van der Waals surface area contributed by atoms with Crippen molar-refractivity contribution < 1.29 is 0 Å². The molecule has 3 nitrogen and oxygen atoms in total. The van der Waals surface area contributed by atoms with Crippen LogP contribution in [0, 0.1) is 5.92 Å². The van der Waals surface area contributed by atoms with E-state index in [0.717, 1.165) is 18.9 Å². The van der Waals surface area contributed by atoms with Crippen LogP contribution in [0.4, 0.5) is 0 Å². The van der Waals surface area contributed by atoms with Gasteiger partial charge in [-0.3, -0.25) is 0 Å². The Morgan fingerprint density at radius 1 is 1.15 bits per heavy atom. The second-order valence-electron chi connectivity index (χ2n) is 4.45. The van der Waals surface area contributed by atoms with Gasteiger partial charge in [-0.1, -0.05) is 0 Å². The van der Waals surface area contributed by atoms with Gasteiger partial charge in [-0.15, -0.1) is 0 Å². The molecule has 3 atom stereocenters. The van der Waals surface area contributed by atoms with E-state index in [-0.39, 0.29) is 0 Å². The highest BCUT2D eigenvalue weighted by Gasteiger charge is 2.27. The maximum Gasteiger partial charge on any atom is 0.0122 e. The van der Waals surface area contributed by atoms with Crippen LogP contribution >= 0.6 is 0 Å². The van der Waals surface area contributed by atoms with Gasteiger partial charge in [-0.25, -0.2) is 0 Å². The monoisotopic (exact) mass is 183 g/mol.